The number of aliphatic hydroxyl groups is 1. The van der Waals surface area contributed by atoms with E-state index in [-0.39, 0.29) is 42.6 Å². The van der Waals surface area contributed by atoms with Crippen molar-refractivity contribution in [3.63, 3.8) is 0 Å². The molecule has 1 unspecified atom stereocenters. The fourth-order valence-electron chi connectivity index (χ4n) is 2.25. The van der Waals surface area contributed by atoms with Crippen molar-refractivity contribution < 1.29 is 29.7 Å². The molecule has 1 saturated heterocycles. The van der Waals surface area contributed by atoms with Crippen LogP contribution in [0.5, 0.6) is 5.75 Å². The molecule has 1 aromatic rings. The number of aldehydes is 1. The number of phenolic OH excluding ortho intramolecular Hbond substituents is 1. The summed E-state index contributed by atoms with van der Waals surface area (Å²) in [7, 11) is 0. The van der Waals surface area contributed by atoms with Crippen molar-refractivity contribution in [3.8, 4) is 5.75 Å². The molecule has 9 nitrogen and oxygen atoms in total. The van der Waals surface area contributed by atoms with Crippen LogP contribution in [0.25, 0.3) is 0 Å². The van der Waals surface area contributed by atoms with Crippen molar-refractivity contribution in [2.45, 2.75) is 18.3 Å². The Morgan fingerprint density at radius 3 is 2.52 bits per heavy atom. The Morgan fingerprint density at radius 1 is 1.30 bits per heavy atom. The average molecular weight is 323 g/mol. The number of aliphatic hydroxyl groups excluding tert-OH is 1. The Hall–Kier alpha value is -2.65. The molecule has 5 N–H and O–H groups in total. The maximum Gasteiger partial charge on any atom is 0.405 e. The van der Waals surface area contributed by atoms with Crippen molar-refractivity contribution in [1.82, 2.24) is 15.5 Å². The predicted molar refractivity (Wildman–Crippen MR) is 78.0 cm³/mol. The minimum atomic E-state index is -1.42. The van der Waals surface area contributed by atoms with Gasteiger partial charge in [-0.15, -0.1) is 0 Å². The van der Waals surface area contributed by atoms with Gasteiger partial charge >= 0.3 is 6.09 Å². The quantitative estimate of drug-likeness (QED) is 0.333. The fourth-order valence-corrected chi connectivity index (χ4v) is 2.25. The van der Waals surface area contributed by atoms with Crippen LogP contribution in [-0.4, -0.2) is 69.9 Å². The second-order valence-corrected chi connectivity index (χ2v) is 5.15. The molecule has 2 atom stereocenters. The maximum atomic E-state index is 12.1. The molecule has 23 heavy (non-hydrogen) atoms. The standard InChI is InChI=1S/C14H17N3O6/c18-7-10(16-14(22)23)12(20)15-8-5-17(6-8)13(21)9-3-1-2-4-11(9)19/h1-4,7-8,10,12,15-16,19-20H,5-6H2,(H,22,23)/t10?,12-/m0/s1. The van der Waals surface area contributed by atoms with Crippen LogP contribution >= 0.6 is 0 Å². The minimum Gasteiger partial charge on any atom is -0.507 e. The van der Waals surface area contributed by atoms with E-state index < -0.39 is 18.4 Å². The number of rotatable bonds is 6. The van der Waals surface area contributed by atoms with E-state index in [1.807, 2.05) is 5.32 Å². The molecule has 124 valence electrons. The summed E-state index contributed by atoms with van der Waals surface area (Å²) < 4.78 is 0. The van der Waals surface area contributed by atoms with E-state index in [9.17, 15) is 24.6 Å². The topological polar surface area (TPSA) is 139 Å². The second-order valence-electron chi connectivity index (χ2n) is 5.15. The van der Waals surface area contributed by atoms with E-state index in [4.69, 9.17) is 5.11 Å². The lowest BCUT2D eigenvalue weighted by Crippen LogP contribution is -2.64. The molecular weight excluding hydrogens is 306 g/mol. The summed E-state index contributed by atoms with van der Waals surface area (Å²) in [4.78, 5) is 34.8. The number of phenols is 1. The van der Waals surface area contributed by atoms with Gasteiger partial charge in [-0.05, 0) is 12.1 Å². The highest BCUT2D eigenvalue weighted by atomic mass is 16.4. The molecule has 0 saturated carbocycles. The Balaban J connectivity index is 1.85. The summed E-state index contributed by atoms with van der Waals surface area (Å²) in [5.74, 6) is -0.452. The first-order valence-electron chi connectivity index (χ1n) is 6.88. The van der Waals surface area contributed by atoms with Crippen LogP contribution in [0.3, 0.4) is 0 Å². The normalized spacial score (nSPS) is 17.0. The second kappa shape index (κ2) is 7.07. The number of nitrogens with zero attached hydrogens (tertiary/aromatic N) is 1. The minimum absolute atomic E-state index is 0.111. The van der Waals surface area contributed by atoms with Gasteiger partial charge in [-0.1, -0.05) is 12.1 Å². The highest BCUT2D eigenvalue weighted by Gasteiger charge is 2.34. The fraction of sp³-hybridized carbons (Fsp3) is 0.357. The van der Waals surface area contributed by atoms with Crippen molar-refractivity contribution in [2.75, 3.05) is 13.1 Å². The molecule has 1 aliphatic heterocycles. The van der Waals surface area contributed by atoms with Crippen molar-refractivity contribution in [1.29, 1.82) is 0 Å². The van der Waals surface area contributed by atoms with E-state index in [0.717, 1.165) is 0 Å². The molecule has 0 aliphatic carbocycles. The number of hydrogen-bond donors (Lipinski definition) is 5. The number of carbonyl (C=O) groups excluding carboxylic acids is 2. The largest absolute Gasteiger partial charge is 0.507 e. The van der Waals surface area contributed by atoms with E-state index >= 15 is 0 Å². The lowest BCUT2D eigenvalue weighted by molar-refractivity contribution is -0.112. The summed E-state index contributed by atoms with van der Waals surface area (Å²) >= 11 is 0. The van der Waals surface area contributed by atoms with Gasteiger partial charge in [0.25, 0.3) is 5.91 Å². The summed E-state index contributed by atoms with van der Waals surface area (Å²) in [6.45, 7) is 0.533. The van der Waals surface area contributed by atoms with Gasteiger partial charge in [0.05, 0.1) is 5.56 Å². The van der Waals surface area contributed by atoms with Crippen LogP contribution in [-0.2, 0) is 4.79 Å². The Bertz CT molecular complexity index is 602. The number of carboxylic acid groups (broad SMARTS) is 1. The molecule has 1 aliphatic rings. The number of hydrogen-bond acceptors (Lipinski definition) is 6. The average Bonchev–Trinajstić information content (AvgIpc) is 2.47. The van der Waals surface area contributed by atoms with Crippen LogP contribution < -0.4 is 10.6 Å². The Morgan fingerprint density at radius 2 is 1.96 bits per heavy atom. The van der Waals surface area contributed by atoms with Gasteiger partial charge in [0.15, 0.2) is 0 Å². The SMILES string of the molecule is O=CC(NC(=O)O)[C@H](O)NC1CN(C(=O)c2ccccc2O)C1. The molecule has 0 spiro atoms. The molecule has 9 heteroatoms. The summed E-state index contributed by atoms with van der Waals surface area (Å²) in [6.07, 6.45) is -2.53. The third kappa shape index (κ3) is 3.96. The monoisotopic (exact) mass is 323 g/mol. The predicted octanol–water partition coefficient (Wildman–Crippen LogP) is -1.04. The lowest BCUT2D eigenvalue weighted by Gasteiger charge is -2.41. The lowest BCUT2D eigenvalue weighted by atomic mass is 10.1. The van der Waals surface area contributed by atoms with Gasteiger partial charge in [0, 0.05) is 19.1 Å². The van der Waals surface area contributed by atoms with Gasteiger partial charge in [0.1, 0.15) is 24.3 Å². The maximum absolute atomic E-state index is 12.1. The molecule has 1 heterocycles. The van der Waals surface area contributed by atoms with Crippen molar-refractivity contribution in [3.05, 3.63) is 29.8 Å². The van der Waals surface area contributed by atoms with Gasteiger partial charge in [-0.3, -0.25) is 10.1 Å². The van der Waals surface area contributed by atoms with Crippen LogP contribution in [0, 0.1) is 0 Å². The third-order valence-electron chi connectivity index (χ3n) is 3.49. The molecule has 2 rings (SSSR count). The molecule has 1 aromatic carbocycles. The van der Waals surface area contributed by atoms with Crippen LogP contribution in [0.4, 0.5) is 4.79 Å². The van der Waals surface area contributed by atoms with E-state index in [1.54, 1.807) is 12.1 Å². The molecular formula is C14H17N3O6. The Labute approximate surface area is 131 Å². The number of benzene rings is 1. The molecule has 0 aromatic heterocycles. The van der Waals surface area contributed by atoms with E-state index in [1.165, 1.54) is 17.0 Å². The molecule has 1 fully saturated rings. The van der Waals surface area contributed by atoms with Crippen LogP contribution in [0.1, 0.15) is 10.4 Å². The number of para-hydroxylation sites is 1. The number of nitrogens with one attached hydrogen (secondary N) is 2. The van der Waals surface area contributed by atoms with Crippen molar-refractivity contribution >= 4 is 18.3 Å². The highest BCUT2D eigenvalue weighted by molar-refractivity contribution is 5.97. The molecule has 2 amide bonds. The van der Waals surface area contributed by atoms with E-state index in [2.05, 4.69) is 5.32 Å². The zero-order valence-corrected chi connectivity index (χ0v) is 12.0. The first-order valence-corrected chi connectivity index (χ1v) is 6.88. The van der Waals surface area contributed by atoms with Crippen LogP contribution in [0.15, 0.2) is 24.3 Å². The van der Waals surface area contributed by atoms with Gasteiger partial charge in [-0.2, -0.15) is 0 Å². The number of likely N-dealkylation sites (tertiary alicyclic amines) is 1. The molecule has 0 bridgehead atoms. The number of amides is 2. The van der Waals surface area contributed by atoms with Gasteiger partial charge in [-0.25, -0.2) is 4.79 Å². The summed E-state index contributed by atoms with van der Waals surface area (Å²) in [5, 5.41) is 32.5. The summed E-state index contributed by atoms with van der Waals surface area (Å²) in [5.41, 5.74) is 0.185. The van der Waals surface area contributed by atoms with Crippen LogP contribution in [0.2, 0.25) is 0 Å². The van der Waals surface area contributed by atoms with Gasteiger partial charge < -0.3 is 30.3 Å². The smallest absolute Gasteiger partial charge is 0.405 e. The third-order valence-corrected chi connectivity index (χ3v) is 3.49. The number of aromatic hydroxyl groups is 1. The van der Waals surface area contributed by atoms with E-state index in [0.29, 0.717) is 0 Å². The summed E-state index contributed by atoms with van der Waals surface area (Å²) in [6, 6.07) is 4.59. The zero-order chi connectivity index (χ0) is 17.0. The Kier molecular flexibility index (Phi) is 5.14. The molecule has 0 radical (unpaired) electrons. The number of carbonyl (C=O) groups is 3. The first kappa shape index (κ1) is 16.7. The zero-order valence-electron chi connectivity index (χ0n) is 12.0. The van der Waals surface area contributed by atoms with Gasteiger partial charge in [0.2, 0.25) is 0 Å². The highest BCUT2D eigenvalue weighted by Crippen LogP contribution is 2.21. The van der Waals surface area contributed by atoms with Crippen molar-refractivity contribution in [2.24, 2.45) is 0 Å². The first-order chi connectivity index (χ1) is 10.9.